The van der Waals surface area contributed by atoms with Gasteiger partial charge in [0, 0.05) is 6.04 Å². The number of hydrogen-bond donors (Lipinski definition) is 0. The van der Waals surface area contributed by atoms with Gasteiger partial charge in [0.05, 0.1) is 18.1 Å². The van der Waals surface area contributed by atoms with Gasteiger partial charge in [0.1, 0.15) is 18.1 Å². The summed E-state index contributed by atoms with van der Waals surface area (Å²) in [6, 6.07) is 10.4. The van der Waals surface area contributed by atoms with Crippen LogP contribution in [0, 0.1) is 6.92 Å². The maximum atomic E-state index is 13.2. The molecule has 1 aromatic heterocycles. The van der Waals surface area contributed by atoms with Crippen LogP contribution in [0.15, 0.2) is 40.8 Å². The number of fused-ring (bicyclic) bond motifs is 1. The molecule has 0 unspecified atom stereocenters. The highest BCUT2D eigenvalue weighted by molar-refractivity contribution is 7.91. The first-order valence-corrected chi connectivity index (χ1v) is 10.7. The third-order valence-corrected chi connectivity index (χ3v) is 6.59. The van der Waals surface area contributed by atoms with Crippen LogP contribution in [-0.2, 0) is 21.2 Å². The van der Waals surface area contributed by atoms with Crippen molar-refractivity contribution in [2.75, 3.05) is 18.1 Å². The van der Waals surface area contributed by atoms with E-state index in [2.05, 4.69) is 0 Å². The maximum absolute atomic E-state index is 13.2. The van der Waals surface area contributed by atoms with E-state index >= 15 is 0 Å². The van der Waals surface area contributed by atoms with Gasteiger partial charge in [-0.05, 0) is 37.6 Å². The highest BCUT2D eigenvalue weighted by Gasteiger charge is 2.39. The Kier molecular flexibility index (Phi) is 4.59. The zero-order chi connectivity index (χ0) is 19.0. The first kappa shape index (κ1) is 17.9. The van der Waals surface area contributed by atoms with Crippen LogP contribution in [0.3, 0.4) is 0 Å². The molecule has 3 heterocycles. The van der Waals surface area contributed by atoms with Gasteiger partial charge in [-0.1, -0.05) is 12.1 Å². The van der Waals surface area contributed by atoms with Gasteiger partial charge in [-0.3, -0.25) is 4.79 Å². The second-order valence-electron chi connectivity index (χ2n) is 6.90. The van der Waals surface area contributed by atoms with Crippen molar-refractivity contribution in [3.8, 4) is 11.5 Å². The average molecular weight is 391 g/mol. The number of rotatable bonds is 4. The van der Waals surface area contributed by atoms with E-state index < -0.39 is 22.0 Å². The maximum Gasteiger partial charge on any atom is 0.267 e. The summed E-state index contributed by atoms with van der Waals surface area (Å²) >= 11 is 0. The number of para-hydroxylation sites is 2. The average Bonchev–Trinajstić information content (AvgIpc) is 3.23. The predicted octanol–water partition coefficient (Wildman–Crippen LogP) is 1.94. The summed E-state index contributed by atoms with van der Waals surface area (Å²) in [6.45, 7) is 2.11. The van der Waals surface area contributed by atoms with Crippen molar-refractivity contribution in [1.82, 2.24) is 4.90 Å². The lowest BCUT2D eigenvalue weighted by Crippen LogP contribution is -2.50. The molecular weight excluding hydrogens is 370 g/mol. The van der Waals surface area contributed by atoms with E-state index in [1.165, 1.54) is 0 Å². The Morgan fingerprint density at radius 2 is 1.96 bits per heavy atom. The number of aryl methyl sites for hydroxylation is 1. The zero-order valence-corrected chi connectivity index (χ0v) is 15.8. The highest BCUT2D eigenvalue weighted by atomic mass is 32.2. The molecule has 8 heteroatoms. The number of nitrogens with zero attached hydrogens (tertiary/aromatic N) is 1. The Bertz CT molecular complexity index is 951. The van der Waals surface area contributed by atoms with Crippen molar-refractivity contribution in [2.45, 2.75) is 32.0 Å². The van der Waals surface area contributed by atoms with Crippen LogP contribution in [0.2, 0.25) is 0 Å². The minimum Gasteiger partial charge on any atom is -0.485 e. The monoisotopic (exact) mass is 391 g/mol. The van der Waals surface area contributed by atoms with Gasteiger partial charge in [0.25, 0.3) is 5.91 Å². The molecule has 2 aliphatic heterocycles. The number of furan rings is 1. The molecule has 0 radical (unpaired) electrons. The van der Waals surface area contributed by atoms with E-state index in [9.17, 15) is 13.2 Å². The minimum atomic E-state index is -3.14. The summed E-state index contributed by atoms with van der Waals surface area (Å²) in [6.07, 6.45) is -0.406. The van der Waals surface area contributed by atoms with Crippen molar-refractivity contribution < 1.29 is 27.1 Å². The third-order valence-electron chi connectivity index (χ3n) is 4.84. The Hall–Kier alpha value is -2.48. The van der Waals surface area contributed by atoms with Crippen molar-refractivity contribution >= 4 is 15.7 Å². The molecule has 1 fully saturated rings. The van der Waals surface area contributed by atoms with Gasteiger partial charge < -0.3 is 18.8 Å². The Morgan fingerprint density at radius 1 is 1.19 bits per heavy atom. The van der Waals surface area contributed by atoms with E-state index in [0.717, 1.165) is 5.76 Å². The molecule has 1 aromatic carbocycles. The van der Waals surface area contributed by atoms with Crippen LogP contribution in [0.1, 0.15) is 17.9 Å². The summed E-state index contributed by atoms with van der Waals surface area (Å²) in [5.74, 6) is 2.21. The summed E-state index contributed by atoms with van der Waals surface area (Å²) < 4.78 is 41.0. The lowest BCUT2D eigenvalue weighted by molar-refractivity contribution is -0.144. The van der Waals surface area contributed by atoms with E-state index in [4.69, 9.17) is 13.9 Å². The van der Waals surface area contributed by atoms with Gasteiger partial charge in [0.2, 0.25) is 6.10 Å². The van der Waals surface area contributed by atoms with Gasteiger partial charge in [-0.25, -0.2) is 8.42 Å². The second-order valence-corrected chi connectivity index (χ2v) is 9.13. The standard InChI is InChI=1S/C19H21NO6S/c1-13-6-7-15(25-13)10-20(14-8-9-27(22,23)12-14)19(21)18-11-24-16-4-2-3-5-17(16)26-18/h2-7,14,18H,8-12H2,1H3/t14-,18-/m1/s1. The molecule has 2 aliphatic rings. The Morgan fingerprint density at radius 3 is 2.63 bits per heavy atom. The SMILES string of the molecule is Cc1ccc(CN(C(=O)[C@H]2COc3ccccc3O2)[C@@H]2CCS(=O)(=O)C2)o1. The van der Waals surface area contributed by atoms with Crippen molar-refractivity contribution in [3.05, 3.63) is 47.9 Å². The van der Waals surface area contributed by atoms with Gasteiger partial charge in [-0.15, -0.1) is 0 Å². The molecule has 0 aliphatic carbocycles. The number of carbonyl (C=O) groups excluding carboxylic acids is 1. The number of ether oxygens (including phenoxy) is 2. The normalized spacial score (nSPS) is 23.1. The first-order valence-electron chi connectivity index (χ1n) is 8.86. The second kappa shape index (κ2) is 6.92. The predicted molar refractivity (Wildman–Crippen MR) is 97.4 cm³/mol. The molecular formula is C19H21NO6S. The molecule has 27 heavy (non-hydrogen) atoms. The molecule has 0 N–H and O–H groups in total. The van der Waals surface area contributed by atoms with Crippen molar-refractivity contribution in [1.29, 1.82) is 0 Å². The van der Waals surface area contributed by atoms with Crippen LogP contribution in [0.5, 0.6) is 11.5 Å². The lowest BCUT2D eigenvalue weighted by atomic mass is 10.1. The van der Waals surface area contributed by atoms with E-state index in [1.807, 2.05) is 25.1 Å². The van der Waals surface area contributed by atoms with E-state index in [0.29, 0.717) is 23.7 Å². The van der Waals surface area contributed by atoms with E-state index in [-0.39, 0.29) is 30.6 Å². The van der Waals surface area contributed by atoms with Crippen LogP contribution in [-0.4, -0.2) is 49.5 Å². The van der Waals surface area contributed by atoms with Crippen LogP contribution in [0.4, 0.5) is 0 Å². The van der Waals surface area contributed by atoms with Crippen molar-refractivity contribution in [3.63, 3.8) is 0 Å². The number of sulfone groups is 1. The molecule has 0 spiro atoms. The fourth-order valence-corrected chi connectivity index (χ4v) is 5.20. The van der Waals surface area contributed by atoms with Gasteiger partial charge in [-0.2, -0.15) is 0 Å². The number of hydrogen-bond acceptors (Lipinski definition) is 6. The molecule has 1 saturated heterocycles. The fourth-order valence-electron chi connectivity index (χ4n) is 3.47. The largest absolute Gasteiger partial charge is 0.485 e. The zero-order valence-electron chi connectivity index (χ0n) is 15.0. The fraction of sp³-hybridized carbons (Fsp3) is 0.421. The van der Waals surface area contributed by atoms with Gasteiger partial charge in [0.15, 0.2) is 21.3 Å². The van der Waals surface area contributed by atoms with Crippen LogP contribution >= 0.6 is 0 Å². The minimum absolute atomic E-state index is 0.0391. The topological polar surface area (TPSA) is 86.0 Å². The van der Waals surface area contributed by atoms with Gasteiger partial charge >= 0.3 is 0 Å². The molecule has 0 bridgehead atoms. The van der Waals surface area contributed by atoms with E-state index in [1.54, 1.807) is 23.1 Å². The molecule has 1 amide bonds. The molecule has 2 aromatic rings. The summed E-state index contributed by atoms with van der Waals surface area (Å²) in [7, 11) is -3.14. The molecule has 2 atom stereocenters. The molecule has 4 rings (SSSR count). The number of benzene rings is 1. The quantitative estimate of drug-likeness (QED) is 0.792. The number of amides is 1. The number of carbonyl (C=O) groups is 1. The molecule has 144 valence electrons. The Labute approximate surface area is 157 Å². The van der Waals surface area contributed by atoms with Crippen LogP contribution in [0.25, 0.3) is 0 Å². The smallest absolute Gasteiger partial charge is 0.267 e. The van der Waals surface area contributed by atoms with Crippen LogP contribution < -0.4 is 9.47 Å². The first-order chi connectivity index (χ1) is 12.9. The van der Waals surface area contributed by atoms with Crippen molar-refractivity contribution in [2.24, 2.45) is 0 Å². The lowest BCUT2D eigenvalue weighted by Gasteiger charge is -2.33. The molecule has 7 nitrogen and oxygen atoms in total. The summed E-state index contributed by atoms with van der Waals surface area (Å²) in [4.78, 5) is 14.8. The molecule has 0 saturated carbocycles. The third kappa shape index (κ3) is 3.80. The summed E-state index contributed by atoms with van der Waals surface area (Å²) in [5, 5.41) is 0. The summed E-state index contributed by atoms with van der Waals surface area (Å²) in [5.41, 5.74) is 0. The Balaban J connectivity index is 1.57. The highest BCUT2D eigenvalue weighted by Crippen LogP contribution is 2.32.